The predicted molar refractivity (Wildman–Crippen MR) is 146 cm³/mol. The third-order valence-corrected chi connectivity index (χ3v) is 6.59. The molecule has 1 fully saturated rings. The Morgan fingerprint density at radius 2 is 1.76 bits per heavy atom. The molecule has 3 aromatic carbocycles. The van der Waals surface area contributed by atoms with Gasteiger partial charge < -0.3 is 9.47 Å². The Morgan fingerprint density at radius 3 is 2.46 bits per heavy atom. The summed E-state index contributed by atoms with van der Waals surface area (Å²) in [4.78, 5) is 27.2. The molecule has 0 bridgehead atoms. The lowest BCUT2D eigenvalue weighted by Gasteiger charge is -2.29. The van der Waals surface area contributed by atoms with Gasteiger partial charge in [0.1, 0.15) is 18.0 Å². The molecule has 0 spiro atoms. The van der Waals surface area contributed by atoms with E-state index in [9.17, 15) is 14.0 Å². The van der Waals surface area contributed by atoms with Crippen LogP contribution in [0.5, 0.6) is 11.5 Å². The van der Waals surface area contributed by atoms with Crippen molar-refractivity contribution in [2.24, 2.45) is 0 Å². The molecular formula is C26H18Cl3FN2O4S. The first-order valence-electron chi connectivity index (χ1n) is 10.9. The fourth-order valence-electron chi connectivity index (χ4n) is 3.52. The Balaban J connectivity index is 1.67. The molecule has 190 valence electrons. The maximum atomic E-state index is 13.4. The van der Waals surface area contributed by atoms with Gasteiger partial charge in [-0.3, -0.25) is 19.8 Å². The summed E-state index contributed by atoms with van der Waals surface area (Å²) in [5, 5.41) is 2.89. The number of halogens is 4. The zero-order valence-corrected chi connectivity index (χ0v) is 22.3. The molecule has 6 nitrogen and oxygen atoms in total. The van der Waals surface area contributed by atoms with Crippen molar-refractivity contribution < 1.29 is 23.5 Å². The van der Waals surface area contributed by atoms with Crippen LogP contribution in [0.1, 0.15) is 18.1 Å². The number of carbonyl (C=O) groups is 2. The summed E-state index contributed by atoms with van der Waals surface area (Å²) in [5.74, 6) is -1.16. The third kappa shape index (κ3) is 5.88. The monoisotopic (exact) mass is 578 g/mol. The van der Waals surface area contributed by atoms with Crippen molar-refractivity contribution in [2.75, 3.05) is 11.5 Å². The number of hydrogen-bond donors (Lipinski definition) is 1. The molecule has 1 saturated heterocycles. The van der Waals surface area contributed by atoms with Crippen LogP contribution in [-0.4, -0.2) is 23.5 Å². The first-order chi connectivity index (χ1) is 17.7. The van der Waals surface area contributed by atoms with Crippen LogP contribution in [0.25, 0.3) is 6.08 Å². The molecule has 0 atom stereocenters. The normalized spacial score (nSPS) is 14.7. The molecule has 0 unspecified atom stereocenters. The summed E-state index contributed by atoms with van der Waals surface area (Å²) >= 11 is 24.1. The summed E-state index contributed by atoms with van der Waals surface area (Å²) in [6.07, 6.45) is 1.36. The van der Waals surface area contributed by atoms with Crippen molar-refractivity contribution in [3.63, 3.8) is 0 Å². The van der Waals surface area contributed by atoms with E-state index in [4.69, 9.17) is 56.5 Å². The molecule has 37 heavy (non-hydrogen) atoms. The van der Waals surface area contributed by atoms with Gasteiger partial charge in [-0.2, -0.15) is 0 Å². The van der Waals surface area contributed by atoms with Gasteiger partial charge in [-0.05, 0) is 72.7 Å². The zero-order chi connectivity index (χ0) is 26.7. The minimum absolute atomic E-state index is 0.111. The summed E-state index contributed by atoms with van der Waals surface area (Å²) in [6.45, 7) is 2.21. The van der Waals surface area contributed by atoms with Crippen LogP contribution in [0, 0.1) is 5.82 Å². The SMILES string of the molecule is CCOc1cc(/C=C2\C(=O)NC(=S)N(c3cccc(Cl)c3Cl)C2=O)cc(Cl)c1OCc1ccc(F)cc1. The highest BCUT2D eigenvalue weighted by molar-refractivity contribution is 7.80. The molecule has 11 heteroatoms. The van der Waals surface area contributed by atoms with Crippen molar-refractivity contribution >= 4 is 75.7 Å². The van der Waals surface area contributed by atoms with Crippen LogP contribution in [0.2, 0.25) is 15.1 Å². The molecule has 0 saturated carbocycles. The van der Waals surface area contributed by atoms with E-state index in [0.717, 1.165) is 10.5 Å². The molecule has 1 heterocycles. The lowest BCUT2D eigenvalue weighted by Crippen LogP contribution is -2.54. The first-order valence-corrected chi connectivity index (χ1v) is 12.4. The van der Waals surface area contributed by atoms with E-state index in [2.05, 4.69) is 5.32 Å². The van der Waals surface area contributed by atoms with Gasteiger partial charge in [0.15, 0.2) is 16.6 Å². The molecule has 0 aromatic heterocycles. The van der Waals surface area contributed by atoms with Crippen molar-refractivity contribution in [3.8, 4) is 11.5 Å². The highest BCUT2D eigenvalue weighted by atomic mass is 35.5. The Morgan fingerprint density at radius 1 is 1.03 bits per heavy atom. The number of carbonyl (C=O) groups excluding carboxylic acids is 2. The van der Waals surface area contributed by atoms with Crippen LogP contribution in [0.4, 0.5) is 10.1 Å². The molecule has 1 aliphatic heterocycles. The second-order valence-electron chi connectivity index (χ2n) is 7.71. The summed E-state index contributed by atoms with van der Waals surface area (Å²) in [6, 6.07) is 13.7. The lowest BCUT2D eigenvalue weighted by atomic mass is 10.1. The molecule has 0 radical (unpaired) electrons. The van der Waals surface area contributed by atoms with Crippen LogP contribution < -0.4 is 19.7 Å². The van der Waals surface area contributed by atoms with E-state index < -0.39 is 11.8 Å². The van der Waals surface area contributed by atoms with Gasteiger partial charge in [0.2, 0.25) is 0 Å². The van der Waals surface area contributed by atoms with Gasteiger partial charge in [-0.1, -0.05) is 53.0 Å². The van der Waals surface area contributed by atoms with Crippen molar-refractivity contribution in [2.45, 2.75) is 13.5 Å². The zero-order valence-electron chi connectivity index (χ0n) is 19.2. The number of anilines is 1. The van der Waals surface area contributed by atoms with Crippen LogP contribution in [0.15, 0.2) is 60.2 Å². The van der Waals surface area contributed by atoms with Gasteiger partial charge >= 0.3 is 0 Å². The maximum Gasteiger partial charge on any atom is 0.270 e. The fraction of sp³-hybridized carbons (Fsp3) is 0.115. The standard InChI is InChI=1S/C26H18Cl3FN2O4S/c1-2-35-21-12-15(11-19(28)23(21)36-13-14-6-8-16(30)9-7-14)10-17-24(33)31-26(37)32(25(17)34)20-5-3-4-18(27)22(20)29/h3-12H,2,13H2,1H3,(H,31,33,37)/b17-10+. The van der Waals surface area contributed by atoms with Crippen LogP contribution >= 0.6 is 47.0 Å². The number of nitrogens with zero attached hydrogens (tertiary/aromatic N) is 1. The maximum absolute atomic E-state index is 13.4. The van der Waals surface area contributed by atoms with Crippen LogP contribution in [0.3, 0.4) is 0 Å². The van der Waals surface area contributed by atoms with E-state index in [1.54, 1.807) is 43.3 Å². The highest BCUT2D eigenvalue weighted by Gasteiger charge is 2.35. The molecule has 1 N–H and O–H groups in total. The Hall–Kier alpha value is -3.17. The molecule has 1 aliphatic rings. The number of rotatable bonds is 7. The van der Waals surface area contributed by atoms with Crippen molar-refractivity contribution in [1.29, 1.82) is 0 Å². The van der Waals surface area contributed by atoms with Gasteiger partial charge in [-0.15, -0.1) is 0 Å². The number of nitrogens with one attached hydrogen (secondary N) is 1. The number of hydrogen-bond acceptors (Lipinski definition) is 5. The topological polar surface area (TPSA) is 67.9 Å². The van der Waals surface area contributed by atoms with Crippen molar-refractivity contribution in [1.82, 2.24) is 5.32 Å². The second kappa shape index (κ2) is 11.5. The fourth-order valence-corrected chi connectivity index (χ4v) is 4.45. The van der Waals surface area contributed by atoms with Gasteiger partial charge in [0, 0.05) is 0 Å². The van der Waals surface area contributed by atoms with Gasteiger partial charge in [-0.25, -0.2) is 4.39 Å². The molecule has 4 rings (SSSR count). The Labute approximate surface area is 232 Å². The van der Waals surface area contributed by atoms with Crippen LogP contribution in [-0.2, 0) is 16.2 Å². The average Bonchev–Trinajstić information content (AvgIpc) is 2.85. The number of amides is 2. The summed E-state index contributed by atoms with van der Waals surface area (Å²) in [5.41, 5.74) is 1.16. The summed E-state index contributed by atoms with van der Waals surface area (Å²) in [7, 11) is 0. The smallest absolute Gasteiger partial charge is 0.270 e. The largest absolute Gasteiger partial charge is 0.490 e. The van der Waals surface area contributed by atoms with E-state index in [0.29, 0.717) is 17.9 Å². The first kappa shape index (κ1) is 26.9. The van der Waals surface area contributed by atoms with E-state index >= 15 is 0 Å². The minimum Gasteiger partial charge on any atom is -0.490 e. The van der Waals surface area contributed by atoms with Crippen molar-refractivity contribution in [3.05, 3.63) is 92.2 Å². The highest BCUT2D eigenvalue weighted by Crippen LogP contribution is 2.39. The molecule has 0 aliphatic carbocycles. The Bertz CT molecular complexity index is 1430. The second-order valence-corrected chi connectivity index (χ2v) is 9.29. The van der Waals surface area contributed by atoms with E-state index in [1.165, 1.54) is 24.3 Å². The predicted octanol–water partition coefficient (Wildman–Crippen LogP) is 6.59. The molecule has 2 amide bonds. The third-order valence-electron chi connectivity index (χ3n) is 5.21. The van der Waals surface area contributed by atoms with Gasteiger partial charge in [0.05, 0.1) is 27.4 Å². The molecular weight excluding hydrogens is 562 g/mol. The Kier molecular flexibility index (Phi) is 8.34. The average molecular weight is 580 g/mol. The van der Waals surface area contributed by atoms with E-state index in [1.807, 2.05) is 0 Å². The minimum atomic E-state index is -0.691. The summed E-state index contributed by atoms with van der Waals surface area (Å²) < 4.78 is 24.7. The van der Waals surface area contributed by atoms with Gasteiger partial charge in [0.25, 0.3) is 11.8 Å². The number of benzene rings is 3. The van der Waals surface area contributed by atoms with E-state index in [-0.39, 0.29) is 49.6 Å². The number of thiocarbonyl (C=S) groups is 1. The number of ether oxygens (including phenoxy) is 2. The quantitative estimate of drug-likeness (QED) is 0.194. The lowest BCUT2D eigenvalue weighted by molar-refractivity contribution is -0.122. The molecule has 3 aromatic rings.